The molecule has 0 fully saturated rings. The molecule has 3 aromatic rings. The van der Waals surface area contributed by atoms with E-state index in [2.05, 4.69) is 4.72 Å². The van der Waals surface area contributed by atoms with Crippen molar-refractivity contribution in [1.82, 2.24) is 4.72 Å². The molecule has 0 aromatic heterocycles. The minimum Gasteiger partial charge on any atom is -0.465 e. The normalized spacial score (nSPS) is 11.8. The summed E-state index contributed by atoms with van der Waals surface area (Å²) in [6.45, 7) is 5.72. The fourth-order valence-electron chi connectivity index (χ4n) is 3.68. The van der Waals surface area contributed by atoms with Gasteiger partial charge in [0.15, 0.2) is 5.78 Å². The second kappa shape index (κ2) is 10.7. The maximum Gasteiger partial charge on any atom is 0.338 e. The highest BCUT2D eigenvalue weighted by atomic mass is 35.5. The average Bonchev–Trinajstić information content (AvgIpc) is 2.83. The van der Waals surface area contributed by atoms with Crippen molar-refractivity contribution in [2.75, 3.05) is 13.7 Å². The van der Waals surface area contributed by atoms with E-state index < -0.39 is 21.4 Å². The number of methoxy groups -OCH3 is 1. The van der Waals surface area contributed by atoms with Gasteiger partial charge in [0.25, 0.3) is 0 Å². The van der Waals surface area contributed by atoms with E-state index in [-0.39, 0.29) is 28.4 Å². The van der Waals surface area contributed by atoms with Gasteiger partial charge in [0.2, 0.25) is 10.0 Å². The van der Waals surface area contributed by atoms with Crippen molar-refractivity contribution in [2.24, 2.45) is 0 Å². The van der Waals surface area contributed by atoms with Crippen molar-refractivity contribution >= 4 is 33.4 Å². The van der Waals surface area contributed by atoms with Crippen molar-refractivity contribution < 1.29 is 22.7 Å². The Kier molecular flexibility index (Phi) is 8.15. The van der Waals surface area contributed by atoms with Crippen LogP contribution >= 0.6 is 11.6 Å². The number of benzene rings is 3. The minimum atomic E-state index is -3.99. The number of carbonyl (C=O) groups excluding carboxylic acids is 2. The number of ketones is 1. The number of carbonyl (C=O) groups is 2. The minimum absolute atomic E-state index is 0.0909. The number of esters is 1. The van der Waals surface area contributed by atoms with Crippen molar-refractivity contribution in [1.29, 1.82) is 0 Å². The first kappa shape index (κ1) is 26.6. The van der Waals surface area contributed by atoms with Gasteiger partial charge in [-0.15, -0.1) is 0 Å². The molecule has 3 aromatic carbocycles. The molecule has 0 aliphatic rings. The smallest absolute Gasteiger partial charge is 0.338 e. The van der Waals surface area contributed by atoms with Gasteiger partial charge in [-0.25, -0.2) is 17.9 Å². The van der Waals surface area contributed by atoms with Gasteiger partial charge in [0, 0.05) is 22.7 Å². The van der Waals surface area contributed by atoms with Gasteiger partial charge in [-0.2, -0.15) is 0 Å². The lowest BCUT2D eigenvalue weighted by atomic mass is 9.80. The molecule has 8 heteroatoms. The van der Waals surface area contributed by atoms with Gasteiger partial charge in [-0.05, 0) is 47.2 Å². The summed E-state index contributed by atoms with van der Waals surface area (Å²) in [5.41, 5.74) is 1.15. The molecule has 0 saturated carbocycles. The van der Waals surface area contributed by atoms with E-state index >= 15 is 0 Å². The van der Waals surface area contributed by atoms with E-state index in [0.29, 0.717) is 22.6 Å². The summed E-state index contributed by atoms with van der Waals surface area (Å²) in [5, 5.41) is 0.601. The molecule has 3 rings (SSSR count). The predicted molar refractivity (Wildman–Crippen MR) is 137 cm³/mol. The second-order valence-electron chi connectivity index (χ2n) is 9.10. The van der Waals surface area contributed by atoms with E-state index in [1.54, 1.807) is 42.5 Å². The number of rotatable bonds is 8. The molecule has 0 radical (unpaired) electrons. The number of hydrogen-bond donors (Lipinski definition) is 1. The summed E-state index contributed by atoms with van der Waals surface area (Å²) in [7, 11) is -2.79. The van der Waals surface area contributed by atoms with Crippen molar-refractivity contribution in [3.05, 3.63) is 99.6 Å². The van der Waals surface area contributed by atoms with Crippen LogP contribution in [0.2, 0.25) is 5.02 Å². The van der Waals surface area contributed by atoms with Crippen LogP contribution in [-0.4, -0.2) is 33.8 Å². The Morgan fingerprint density at radius 2 is 1.60 bits per heavy atom. The highest BCUT2D eigenvalue weighted by Gasteiger charge is 2.31. The fourth-order valence-corrected chi connectivity index (χ4v) is 4.89. The third-order valence-corrected chi connectivity index (χ3v) is 7.21. The first-order valence-corrected chi connectivity index (χ1v) is 12.9. The van der Waals surface area contributed by atoms with Crippen LogP contribution < -0.4 is 4.72 Å². The molecule has 6 nitrogen and oxygen atoms in total. The topological polar surface area (TPSA) is 89.5 Å². The Morgan fingerprint density at radius 1 is 0.971 bits per heavy atom. The standard InChI is InChI=1S/C27H28ClNO5S/c1-27(2,3)23-17-21(35(32,33)29-15-14-18-10-12-20(28)13-11-18)16-22(26(31)34-4)24(23)25(30)19-8-6-5-7-9-19/h5-13,16-17,29H,14-15H2,1-4H3. The van der Waals surface area contributed by atoms with Crippen molar-refractivity contribution in [3.8, 4) is 0 Å². The van der Waals surface area contributed by atoms with E-state index in [9.17, 15) is 18.0 Å². The maximum absolute atomic E-state index is 13.5. The number of nitrogens with one attached hydrogen (secondary N) is 1. The molecule has 0 aliphatic carbocycles. The number of sulfonamides is 1. The van der Waals surface area contributed by atoms with Crippen LogP contribution in [0.1, 0.15) is 58.2 Å². The third kappa shape index (κ3) is 6.36. The molecule has 0 spiro atoms. The first-order valence-electron chi connectivity index (χ1n) is 11.0. The summed E-state index contributed by atoms with van der Waals surface area (Å²) < 4.78 is 33.9. The summed E-state index contributed by atoms with van der Waals surface area (Å²) in [5.74, 6) is -1.16. The Balaban J connectivity index is 2.06. The molecular weight excluding hydrogens is 486 g/mol. The summed E-state index contributed by atoms with van der Waals surface area (Å²) in [6, 6.07) is 18.4. The van der Waals surface area contributed by atoms with Crippen LogP contribution in [0.3, 0.4) is 0 Å². The number of hydrogen-bond acceptors (Lipinski definition) is 5. The van der Waals surface area contributed by atoms with Crippen LogP contribution in [0.15, 0.2) is 71.6 Å². The lowest BCUT2D eigenvalue weighted by molar-refractivity contribution is 0.0597. The first-order chi connectivity index (χ1) is 16.4. The fraction of sp³-hybridized carbons (Fsp3) is 0.259. The van der Waals surface area contributed by atoms with E-state index in [1.165, 1.54) is 19.2 Å². The highest BCUT2D eigenvalue weighted by molar-refractivity contribution is 7.89. The summed E-state index contributed by atoms with van der Waals surface area (Å²) in [6.07, 6.45) is 0.455. The molecule has 0 atom stereocenters. The lowest BCUT2D eigenvalue weighted by Crippen LogP contribution is -2.28. The zero-order chi connectivity index (χ0) is 25.8. The molecular formula is C27H28ClNO5S. The molecule has 0 bridgehead atoms. The van der Waals surface area contributed by atoms with Gasteiger partial charge in [-0.1, -0.05) is 74.8 Å². The SMILES string of the molecule is COC(=O)c1cc(S(=O)(=O)NCCc2ccc(Cl)cc2)cc(C(C)(C)C)c1C(=O)c1ccccc1. The quantitative estimate of drug-likeness (QED) is 0.331. The third-order valence-electron chi connectivity index (χ3n) is 5.52. The molecule has 1 N–H and O–H groups in total. The molecule has 0 saturated heterocycles. The monoisotopic (exact) mass is 513 g/mol. The number of ether oxygens (including phenoxy) is 1. The van der Waals surface area contributed by atoms with E-state index in [1.807, 2.05) is 32.9 Å². The van der Waals surface area contributed by atoms with Gasteiger partial charge in [0.05, 0.1) is 17.6 Å². The Labute approximate surface area is 211 Å². The van der Waals surface area contributed by atoms with Crippen molar-refractivity contribution in [3.63, 3.8) is 0 Å². The lowest BCUT2D eigenvalue weighted by Gasteiger charge is -2.25. The Bertz CT molecular complexity index is 1330. The van der Waals surface area contributed by atoms with Crippen LogP contribution in [-0.2, 0) is 26.6 Å². The molecule has 0 unspecified atom stereocenters. The van der Waals surface area contributed by atoms with E-state index in [0.717, 1.165) is 5.56 Å². The van der Waals surface area contributed by atoms with Crippen molar-refractivity contribution in [2.45, 2.75) is 37.5 Å². The van der Waals surface area contributed by atoms with Crippen LogP contribution in [0.5, 0.6) is 0 Å². The highest BCUT2D eigenvalue weighted by Crippen LogP contribution is 2.33. The molecule has 0 amide bonds. The van der Waals surface area contributed by atoms with Gasteiger partial charge >= 0.3 is 5.97 Å². The zero-order valence-corrected chi connectivity index (χ0v) is 21.7. The van der Waals surface area contributed by atoms with Gasteiger partial charge in [-0.3, -0.25) is 4.79 Å². The molecule has 0 heterocycles. The van der Waals surface area contributed by atoms with Gasteiger partial charge in [0.1, 0.15) is 0 Å². The summed E-state index contributed by atoms with van der Waals surface area (Å²) >= 11 is 5.90. The van der Waals surface area contributed by atoms with Crippen LogP contribution in [0.25, 0.3) is 0 Å². The average molecular weight is 514 g/mol. The van der Waals surface area contributed by atoms with E-state index in [4.69, 9.17) is 16.3 Å². The molecule has 35 heavy (non-hydrogen) atoms. The zero-order valence-electron chi connectivity index (χ0n) is 20.1. The summed E-state index contributed by atoms with van der Waals surface area (Å²) in [4.78, 5) is 26.1. The predicted octanol–water partition coefficient (Wildman–Crippen LogP) is 5.18. The largest absolute Gasteiger partial charge is 0.465 e. The molecule has 184 valence electrons. The van der Waals surface area contributed by atoms with Crippen LogP contribution in [0.4, 0.5) is 0 Å². The Morgan fingerprint density at radius 3 is 2.17 bits per heavy atom. The van der Waals surface area contributed by atoms with Gasteiger partial charge < -0.3 is 4.74 Å². The maximum atomic E-state index is 13.5. The molecule has 0 aliphatic heterocycles. The Hall–Kier alpha value is -3.00. The second-order valence-corrected chi connectivity index (χ2v) is 11.3. The number of halogens is 1. The van der Waals surface area contributed by atoms with Crippen LogP contribution in [0, 0.1) is 0 Å².